The van der Waals surface area contributed by atoms with Crippen LogP contribution in [0.5, 0.6) is 0 Å². The molecule has 10 heteroatoms. The van der Waals surface area contributed by atoms with Crippen molar-refractivity contribution < 1.29 is 8.42 Å². The molecule has 0 unspecified atom stereocenters. The summed E-state index contributed by atoms with van der Waals surface area (Å²) in [5, 5.41) is 5.16. The first-order valence-corrected chi connectivity index (χ1v) is 10.5. The molecule has 0 bridgehead atoms. The topological polar surface area (TPSA) is 122 Å². The van der Waals surface area contributed by atoms with Gasteiger partial charge in [-0.15, -0.1) is 16.2 Å². The number of anilines is 3. The van der Waals surface area contributed by atoms with Gasteiger partial charge in [0, 0.05) is 11.4 Å². The number of nitrogen functional groups attached to an aromatic ring is 1. The van der Waals surface area contributed by atoms with Gasteiger partial charge in [0.1, 0.15) is 12.0 Å². The molecule has 0 saturated heterocycles. The standard InChI is InChI=1S/C17H20N6O2S2/c1-12-4-6-14(7-5-12)27(24,25)23-22-17-15(18)16(20-11-21-17)19-9-8-13-3-2-10-26-13/h2-7,10-11,23H,8-9,18H2,1H3,(H2,19,20,21,22). The highest BCUT2D eigenvalue weighted by molar-refractivity contribution is 7.89. The second-order valence-corrected chi connectivity index (χ2v) is 8.50. The van der Waals surface area contributed by atoms with Gasteiger partial charge in [-0.2, -0.15) is 0 Å². The van der Waals surface area contributed by atoms with E-state index in [0.29, 0.717) is 12.4 Å². The lowest BCUT2D eigenvalue weighted by Gasteiger charge is -2.13. The summed E-state index contributed by atoms with van der Waals surface area (Å²) in [5.41, 5.74) is 9.81. The van der Waals surface area contributed by atoms with Gasteiger partial charge in [-0.3, -0.25) is 5.43 Å². The van der Waals surface area contributed by atoms with Gasteiger partial charge < -0.3 is 11.1 Å². The van der Waals surface area contributed by atoms with Crippen molar-refractivity contribution >= 4 is 38.7 Å². The van der Waals surface area contributed by atoms with E-state index in [9.17, 15) is 8.42 Å². The maximum atomic E-state index is 12.3. The van der Waals surface area contributed by atoms with Crippen molar-refractivity contribution in [2.45, 2.75) is 18.2 Å². The number of aromatic nitrogens is 2. The predicted molar refractivity (Wildman–Crippen MR) is 108 cm³/mol. The molecular formula is C17H20N6O2S2. The van der Waals surface area contributed by atoms with Crippen molar-refractivity contribution in [3.8, 4) is 0 Å². The van der Waals surface area contributed by atoms with Crippen LogP contribution >= 0.6 is 11.3 Å². The first-order chi connectivity index (χ1) is 13.0. The number of sulfonamides is 1. The van der Waals surface area contributed by atoms with E-state index in [1.54, 1.807) is 23.5 Å². The van der Waals surface area contributed by atoms with E-state index < -0.39 is 10.0 Å². The molecule has 5 N–H and O–H groups in total. The predicted octanol–water partition coefficient (Wildman–Crippen LogP) is 2.39. The number of hydrazine groups is 1. The molecule has 0 fully saturated rings. The third-order valence-electron chi connectivity index (χ3n) is 3.76. The number of benzene rings is 1. The van der Waals surface area contributed by atoms with Gasteiger partial charge in [0.25, 0.3) is 10.0 Å². The normalized spacial score (nSPS) is 11.3. The summed E-state index contributed by atoms with van der Waals surface area (Å²) in [6.07, 6.45) is 2.15. The van der Waals surface area contributed by atoms with Crippen molar-refractivity contribution in [2.24, 2.45) is 0 Å². The lowest BCUT2D eigenvalue weighted by molar-refractivity contribution is 0.587. The highest BCUT2D eigenvalue weighted by Crippen LogP contribution is 2.22. The average molecular weight is 405 g/mol. The molecule has 142 valence electrons. The SMILES string of the molecule is Cc1ccc(S(=O)(=O)NNc2ncnc(NCCc3cccs3)c2N)cc1. The van der Waals surface area contributed by atoms with E-state index in [0.717, 1.165) is 12.0 Å². The van der Waals surface area contributed by atoms with Gasteiger partial charge in [-0.1, -0.05) is 23.8 Å². The van der Waals surface area contributed by atoms with Crippen LogP contribution in [0.2, 0.25) is 0 Å². The summed E-state index contributed by atoms with van der Waals surface area (Å²) in [6, 6.07) is 10.6. The van der Waals surface area contributed by atoms with E-state index in [4.69, 9.17) is 5.73 Å². The zero-order chi connectivity index (χ0) is 19.3. The van der Waals surface area contributed by atoms with Crippen molar-refractivity contribution in [3.05, 3.63) is 58.5 Å². The Hall–Kier alpha value is -2.69. The number of rotatable bonds is 8. The van der Waals surface area contributed by atoms with E-state index in [1.807, 2.05) is 18.4 Å². The molecule has 2 aromatic heterocycles. The molecule has 0 saturated carbocycles. The van der Waals surface area contributed by atoms with Crippen molar-refractivity contribution in [2.75, 3.05) is 23.0 Å². The number of nitrogens with zero attached hydrogens (tertiary/aromatic N) is 2. The first kappa shape index (κ1) is 19.1. The molecule has 2 heterocycles. The Morgan fingerprint density at radius 1 is 1.11 bits per heavy atom. The number of hydrogen-bond donors (Lipinski definition) is 4. The van der Waals surface area contributed by atoms with Crippen LogP contribution in [-0.4, -0.2) is 24.9 Å². The molecule has 1 aromatic carbocycles. The number of nitrogens with one attached hydrogen (secondary N) is 3. The average Bonchev–Trinajstić information content (AvgIpc) is 3.16. The second kappa shape index (κ2) is 8.33. The lowest BCUT2D eigenvalue weighted by Crippen LogP contribution is -2.30. The van der Waals surface area contributed by atoms with Crippen LogP contribution in [0.25, 0.3) is 0 Å². The van der Waals surface area contributed by atoms with E-state index in [-0.39, 0.29) is 16.4 Å². The van der Waals surface area contributed by atoms with Gasteiger partial charge in [0.05, 0.1) is 4.90 Å². The zero-order valence-electron chi connectivity index (χ0n) is 14.6. The molecule has 0 amide bonds. The third kappa shape index (κ3) is 4.94. The largest absolute Gasteiger partial charge is 0.393 e. The molecular weight excluding hydrogens is 384 g/mol. The minimum Gasteiger partial charge on any atom is -0.393 e. The van der Waals surface area contributed by atoms with Crippen LogP contribution in [0.1, 0.15) is 10.4 Å². The number of thiophene rings is 1. The van der Waals surface area contributed by atoms with E-state index in [2.05, 4.69) is 31.6 Å². The summed E-state index contributed by atoms with van der Waals surface area (Å²) in [5.74, 6) is 0.623. The van der Waals surface area contributed by atoms with Crippen LogP contribution in [0.15, 0.2) is 53.0 Å². The molecule has 27 heavy (non-hydrogen) atoms. The number of nitrogens with two attached hydrogens (primary N) is 1. The molecule has 0 atom stereocenters. The highest BCUT2D eigenvalue weighted by Gasteiger charge is 2.15. The summed E-state index contributed by atoms with van der Waals surface area (Å²) >= 11 is 1.68. The molecule has 0 spiro atoms. The van der Waals surface area contributed by atoms with Crippen molar-refractivity contribution in [1.29, 1.82) is 0 Å². The maximum absolute atomic E-state index is 12.3. The van der Waals surface area contributed by atoms with Crippen LogP contribution in [0.4, 0.5) is 17.3 Å². The quantitative estimate of drug-likeness (QED) is 0.425. The minimum atomic E-state index is -3.75. The van der Waals surface area contributed by atoms with Gasteiger partial charge in [-0.25, -0.2) is 18.4 Å². The van der Waals surface area contributed by atoms with Gasteiger partial charge in [0.15, 0.2) is 11.6 Å². The molecule has 3 rings (SSSR count). The minimum absolute atomic E-state index is 0.141. The molecule has 0 aliphatic rings. The number of hydrogen-bond acceptors (Lipinski definition) is 8. The van der Waals surface area contributed by atoms with Crippen molar-refractivity contribution in [1.82, 2.24) is 14.8 Å². The zero-order valence-corrected chi connectivity index (χ0v) is 16.3. The first-order valence-electron chi connectivity index (χ1n) is 8.17. The van der Waals surface area contributed by atoms with Gasteiger partial charge in [-0.05, 0) is 36.9 Å². The highest BCUT2D eigenvalue weighted by atomic mass is 32.2. The maximum Gasteiger partial charge on any atom is 0.257 e. The Balaban J connectivity index is 1.64. The Labute approximate surface area is 161 Å². The fourth-order valence-corrected chi connectivity index (χ4v) is 3.84. The monoisotopic (exact) mass is 404 g/mol. The van der Waals surface area contributed by atoms with Crippen LogP contribution < -0.4 is 21.3 Å². The third-order valence-corrected chi connectivity index (χ3v) is 5.96. The van der Waals surface area contributed by atoms with Gasteiger partial charge in [0.2, 0.25) is 0 Å². The summed E-state index contributed by atoms with van der Waals surface area (Å²) < 4.78 is 24.7. The summed E-state index contributed by atoms with van der Waals surface area (Å²) in [4.78, 5) is 11.8. The molecule has 0 aliphatic heterocycles. The molecule has 0 radical (unpaired) electrons. The van der Waals surface area contributed by atoms with Gasteiger partial charge >= 0.3 is 0 Å². The smallest absolute Gasteiger partial charge is 0.257 e. The van der Waals surface area contributed by atoms with Crippen LogP contribution in [-0.2, 0) is 16.4 Å². The lowest BCUT2D eigenvalue weighted by atomic mass is 10.2. The Morgan fingerprint density at radius 2 is 1.85 bits per heavy atom. The Kier molecular flexibility index (Phi) is 5.89. The molecule has 0 aliphatic carbocycles. The van der Waals surface area contributed by atoms with Crippen LogP contribution in [0, 0.1) is 6.92 Å². The fraction of sp³-hybridized carbons (Fsp3) is 0.176. The molecule has 8 nitrogen and oxygen atoms in total. The van der Waals surface area contributed by atoms with Crippen LogP contribution in [0.3, 0.4) is 0 Å². The van der Waals surface area contributed by atoms with Crippen molar-refractivity contribution in [3.63, 3.8) is 0 Å². The Morgan fingerprint density at radius 3 is 2.56 bits per heavy atom. The Bertz CT molecular complexity index is 989. The second-order valence-electron chi connectivity index (χ2n) is 5.78. The molecule has 3 aromatic rings. The summed E-state index contributed by atoms with van der Waals surface area (Å²) in [6.45, 7) is 2.53. The van der Waals surface area contributed by atoms with E-state index in [1.165, 1.54) is 23.3 Å². The van der Waals surface area contributed by atoms with E-state index >= 15 is 0 Å². The number of aryl methyl sites for hydroxylation is 1. The summed E-state index contributed by atoms with van der Waals surface area (Å²) in [7, 11) is -3.75. The fourth-order valence-electron chi connectivity index (χ4n) is 2.29.